The van der Waals surface area contributed by atoms with Gasteiger partial charge in [-0.1, -0.05) is 67.1 Å². The summed E-state index contributed by atoms with van der Waals surface area (Å²) in [5.74, 6) is 0. The third-order valence-corrected chi connectivity index (χ3v) is 3.32. The van der Waals surface area contributed by atoms with Crippen molar-refractivity contribution >= 4 is 0 Å². The lowest BCUT2D eigenvalue weighted by Gasteiger charge is -2.19. The molecule has 0 aliphatic heterocycles. The monoisotopic (exact) mass is 269 g/mol. The van der Waals surface area contributed by atoms with Gasteiger partial charge in [0.25, 0.3) is 0 Å². The fourth-order valence-corrected chi connectivity index (χ4v) is 2.10. The van der Waals surface area contributed by atoms with E-state index in [1.54, 1.807) is 0 Å². The molecular weight excluding hydrogens is 246 g/mol. The molecular formula is C18H23NO. The van der Waals surface area contributed by atoms with Crippen LogP contribution in [0.3, 0.4) is 0 Å². The summed E-state index contributed by atoms with van der Waals surface area (Å²) in [4.78, 5) is 0. The highest BCUT2D eigenvalue weighted by Gasteiger charge is 2.11. The molecule has 2 rings (SSSR count). The maximum atomic E-state index is 6.09. The van der Waals surface area contributed by atoms with Gasteiger partial charge >= 0.3 is 0 Å². The van der Waals surface area contributed by atoms with Gasteiger partial charge in [0.05, 0.1) is 12.7 Å². The lowest BCUT2D eigenvalue weighted by molar-refractivity contribution is 0.0401. The third-order valence-electron chi connectivity index (χ3n) is 3.32. The maximum Gasteiger partial charge on any atom is 0.0953 e. The van der Waals surface area contributed by atoms with Crippen LogP contribution in [0.15, 0.2) is 54.6 Å². The molecule has 20 heavy (non-hydrogen) atoms. The predicted molar refractivity (Wildman–Crippen MR) is 83.7 cm³/mol. The van der Waals surface area contributed by atoms with Crippen molar-refractivity contribution in [3.8, 4) is 0 Å². The average Bonchev–Trinajstić information content (AvgIpc) is 2.50. The molecule has 0 heterocycles. The zero-order chi connectivity index (χ0) is 14.2. The summed E-state index contributed by atoms with van der Waals surface area (Å²) in [7, 11) is 0. The molecule has 0 saturated heterocycles. The van der Waals surface area contributed by atoms with Crippen LogP contribution in [-0.2, 0) is 11.3 Å². The zero-order valence-corrected chi connectivity index (χ0v) is 12.3. The van der Waals surface area contributed by atoms with Gasteiger partial charge in [-0.15, -0.1) is 0 Å². The van der Waals surface area contributed by atoms with Crippen LogP contribution in [0.5, 0.6) is 0 Å². The van der Waals surface area contributed by atoms with Gasteiger partial charge in [-0.3, -0.25) is 0 Å². The quantitative estimate of drug-likeness (QED) is 0.824. The van der Waals surface area contributed by atoms with Crippen molar-refractivity contribution in [3.05, 3.63) is 71.3 Å². The van der Waals surface area contributed by atoms with E-state index in [4.69, 9.17) is 4.74 Å². The first-order chi connectivity index (χ1) is 9.79. The summed E-state index contributed by atoms with van der Waals surface area (Å²) in [6.07, 6.45) is 0.0933. The molecule has 0 radical (unpaired) electrons. The summed E-state index contributed by atoms with van der Waals surface area (Å²) in [5, 5.41) is 3.37. The Labute approximate surface area is 121 Å². The second-order valence-electron chi connectivity index (χ2n) is 5.00. The molecule has 0 amide bonds. The molecule has 1 atom stereocenters. The molecule has 0 aromatic heterocycles. The van der Waals surface area contributed by atoms with Crippen molar-refractivity contribution < 1.29 is 4.74 Å². The molecule has 0 saturated carbocycles. The second kappa shape index (κ2) is 7.83. The van der Waals surface area contributed by atoms with Crippen molar-refractivity contribution in [1.29, 1.82) is 0 Å². The van der Waals surface area contributed by atoms with Crippen LogP contribution in [0.2, 0.25) is 0 Å². The Balaban J connectivity index is 2.01. The molecule has 1 unspecified atom stereocenters. The van der Waals surface area contributed by atoms with Crippen LogP contribution < -0.4 is 5.32 Å². The molecule has 0 bridgehead atoms. The Hall–Kier alpha value is -1.64. The van der Waals surface area contributed by atoms with Crippen LogP contribution in [0, 0.1) is 6.92 Å². The summed E-state index contributed by atoms with van der Waals surface area (Å²) >= 11 is 0. The number of hydrogen-bond donors (Lipinski definition) is 1. The first kappa shape index (κ1) is 14.8. The number of aryl methyl sites for hydroxylation is 1. The number of benzene rings is 2. The minimum absolute atomic E-state index is 0.0933. The standard InChI is InChI=1S/C18H23NO/c1-3-19-13-18(17-11-9-15(2)10-12-17)20-14-16-7-5-4-6-8-16/h4-12,18-19H,3,13-14H2,1-2H3. The topological polar surface area (TPSA) is 21.3 Å². The molecule has 2 nitrogen and oxygen atoms in total. The van der Waals surface area contributed by atoms with E-state index in [1.807, 2.05) is 18.2 Å². The van der Waals surface area contributed by atoms with Gasteiger partial charge in [-0.2, -0.15) is 0 Å². The molecule has 0 spiro atoms. The van der Waals surface area contributed by atoms with E-state index in [1.165, 1.54) is 16.7 Å². The van der Waals surface area contributed by atoms with Gasteiger partial charge in [0, 0.05) is 6.54 Å². The SMILES string of the molecule is CCNCC(OCc1ccccc1)c1ccc(C)cc1. The highest BCUT2D eigenvalue weighted by atomic mass is 16.5. The van der Waals surface area contributed by atoms with Gasteiger partial charge in [0.2, 0.25) is 0 Å². The van der Waals surface area contributed by atoms with E-state index < -0.39 is 0 Å². The number of likely N-dealkylation sites (N-methyl/N-ethyl adjacent to an activating group) is 1. The van der Waals surface area contributed by atoms with Crippen LogP contribution >= 0.6 is 0 Å². The largest absolute Gasteiger partial charge is 0.368 e. The van der Waals surface area contributed by atoms with E-state index >= 15 is 0 Å². The normalized spacial score (nSPS) is 12.3. The molecule has 2 aromatic rings. The van der Waals surface area contributed by atoms with Gasteiger partial charge in [-0.05, 0) is 24.6 Å². The minimum atomic E-state index is 0.0933. The first-order valence-corrected chi connectivity index (χ1v) is 7.22. The lowest BCUT2D eigenvalue weighted by Crippen LogP contribution is -2.23. The van der Waals surface area contributed by atoms with Crippen LogP contribution in [0.4, 0.5) is 0 Å². The van der Waals surface area contributed by atoms with E-state index in [2.05, 4.69) is 55.6 Å². The number of ether oxygens (including phenoxy) is 1. The molecule has 2 aromatic carbocycles. The minimum Gasteiger partial charge on any atom is -0.368 e. The van der Waals surface area contributed by atoms with Crippen molar-refractivity contribution in [2.24, 2.45) is 0 Å². The number of nitrogens with one attached hydrogen (secondary N) is 1. The zero-order valence-electron chi connectivity index (χ0n) is 12.3. The van der Waals surface area contributed by atoms with Crippen molar-refractivity contribution in [2.75, 3.05) is 13.1 Å². The van der Waals surface area contributed by atoms with Crippen LogP contribution in [-0.4, -0.2) is 13.1 Å². The molecule has 1 N–H and O–H groups in total. The Bertz CT molecular complexity index is 493. The van der Waals surface area contributed by atoms with E-state index in [-0.39, 0.29) is 6.10 Å². The molecule has 0 aliphatic carbocycles. The van der Waals surface area contributed by atoms with Crippen molar-refractivity contribution in [2.45, 2.75) is 26.6 Å². The summed E-state index contributed by atoms with van der Waals surface area (Å²) < 4.78 is 6.09. The summed E-state index contributed by atoms with van der Waals surface area (Å²) in [5.41, 5.74) is 3.72. The number of rotatable bonds is 7. The predicted octanol–water partition coefficient (Wildman–Crippen LogP) is 3.86. The number of hydrogen-bond acceptors (Lipinski definition) is 2. The van der Waals surface area contributed by atoms with Gasteiger partial charge < -0.3 is 10.1 Å². The molecule has 106 valence electrons. The molecule has 0 aliphatic rings. The Morgan fingerprint density at radius 1 is 1.00 bits per heavy atom. The highest BCUT2D eigenvalue weighted by molar-refractivity contribution is 5.23. The fourth-order valence-electron chi connectivity index (χ4n) is 2.10. The van der Waals surface area contributed by atoms with Crippen LogP contribution in [0.1, 0.15) is 29.7 Å². The van der Waals surface area contributed by atoms with Gasteiger partial charge in [-0.25, -0.2) is 0 Å². The molecule has 0 fully saturated rings. The van der Waals surface area contributed by atoms with E-state index in [0.717, 1.165) is 13.1 Å². The lowest BCUT2D eigenvalue weighted by atomic mass is 10.1. The Morgan fingerprint density at radius 3 is 2.35 bits per heavy atom. The fraction of sp³-hybridized carbons (Fsp3) is 0.333. The third kappa shape index (κ3) is 4.48. The van der Waals surface area contributed by atoms with E-state index in [9.17, 15) is 0 Å². The maximum absolute atomic E-state index is 6.09. The summed E-state index contributed by atoms with van der Waals surface area (Å²) in [6.45, 7) is 6.66. The van der Waals surface area contributed by atoms with E-state index in [0.29, 0.717) is 6.61 Å². The summed E-state index contributed by atoms with van der Waals surface area (Å²) in [6, 6.07) is 18.9. The highest BCUT2D eigenvalue weighted by Crippen LogP contribution is 2.19. The van der Waals surface area contributed by atoms with Gasteiger partial charge in [0.15, 0.2) is 0 Å². The molecule has 2 heteroatoms. The Morgan fingerprint density at radius 2 is 1.70 bits per heavy atom. The second-order valence-corrected chi connectivity index (χ2v) is 5.00. The first-order valence-electron chi connectivity index (χ1n) is 7.22. The Kier molecular flexibility index (Phi) is 5.78. The van der Waals surface area contributed by atoms with Crippen LogP contribution in [0.25, 0.3) is 0 Å². The average molecular weight is 269 g/mol. The smallest absolute Gasteiger partial charge is 0.0953 e. The van der Waals surface area contributed by atoms with Crippen molar-refractivity contribution in [1.82, 2.24) is 5.32 Å². The van der Waals surface area contributed by atoms with Gasteiger partial charge in [0.1, 0.15) is 0 Å². The van der Waals surface area contributed by atoms with Crippen molar-refractivity contribution in [3.63, 3.8) is 0 Å².